The molecule has 5 nitrogen and oxygen atoms in total. The molecule has 0 bridgehead atoms. The summed E-state index contributed by atoms with van der Waals surface area (Å²) in [6, 6.07) is 0. The van der Waals surface area contributed by atoms with E-state index in [4.69, 9.17) is 10.7 Å². The van der Waals surface area contributed by atoms with Crippen LogP contribution in [-0.4, -0.2) is 62.6 Å². The highest BCUT2D eigenvalue weighted by Crippen LogP contribution is 2.21. The third-order valence-corrected chi connectivity index (χ3v) is 5.08. The Labute approximate surface area is 119 Å². The Morgan fingerprint density at radius 2 is 1.89 bits per heavy atom. The highest BCUT2D eigenvalue weighted by atomic mass is 35.7. The molecule has 2 aliphatic rings. The molecular weight excluding hydrogens is 288 g/mol. The summed E-state index contributed by atoms with van der Waals surface area (Å²) in [5.74, 6) is -0.170. The first kappa shape index (κ1) is 15.1. The van der Waals surface area contributed by atoms with Crippen molar-refractivity contribution in [2.45, 2.75) is 25.7 Å². The summed E-state index contributed by atoms with van der Waals surface area (Å²) in [5, 5.41) is 0. The highest BCUT2D eigenvalue weighted by molar-refractivity contribution is 8.13. The van der Waals surface area contributed by atoms with E-state index < -0.39 is 9.05 Å². The van der Waals surface area contributed by atoms with Crippen LogP contribution < -0.4 is 0 Å². The fourth-order valence-electron chi connectivity index (χ4n) is 2.95. The van der Waals surface area contributed by atoms with E-state index in [2.05, 4.69) is 4.90 Å². The van der Waals surface area contributed by atoms with Gasteiger partial charge in [-0.25, -0.2) is 8.42 Å². The van der Waals surface area contributed by atoms with E-state index in [0.717, 1.165) is 19.5 Å². The van der Waals surface area contributed by atoms with Crippen molar-refractivity contribution in [3.05, 3.63) is 0 Å². The number of nitrogens with zero attached hydrogens (tertiary/aromatic N) is 2. The van der Waals surface area contributed by atoms with E-state index in [1.165, 1.54) is 25.9 Å². The average Bonchev–Trinajstić information content (AvgIpc) is 2.87. The number of carbonyl (C=O) groups excluding carboxylic acids is 1. The predicted molar refractivity (Wildman–Crippen MR) is 74.6 cm³/mol. The van der Waals surface area contributed by atoms with Gasteiger partial charge in [0.1, 0.15) is 0 Å². The van der Waals surface area contributed by atoms with Crippen molar-refractivity contribution in [2.24, 2.45) is 5.92 Å². The molecule has 0 N–H and O–H groups in total. The van der Waals surface area contributed by atoms with Crippen LogP contribution in [0, 0.1) is 5.92 Å². The van der Waals surface area contributed by atoms with Gasteiger partial charge in [0.05, 0.1) is 5.75 Å². The Bertz CT molecular complexity index is 421. The van der Waals surface area contributed by atoms with E-state index in [9.17, 15) is 13.2 Å². The van der Waals surface area contributed by atoms with E-state index in [1.807, 2.05) is 0 Å². The first-order valence-corrected chi connectivity index (χ1v) is 9.34. The van der Waals surface area contributed by atoms with Crippen molar-refractivity contribution in [2.75, 3.05) is 38.5 Å². The first-order valence-electron chi connectivity index (χ1n) is 6.86. The molecule has 0 aromatic rings. The van der Waals surface area contributed by atoms with Crippen LogP contribution in [-0.2, 0) is 13.8 Å². The second-order valence-electron chi connectivity index (χ2n) is 5.52. The van der Waals surface area contributed by atoms with Gasteiger partial charge in [-0.3, -0.25) is 4.79 Å². The Morgan fingerprint density at radius 1 is 1.21 bits per heavy atom. The lowest BCUT2D eigenvalue weighted by Gasteiger charge is -2.19. The van der Waals surface area contributed by atoms with E-state index in [1.54, 1.807) is 4.90 Å². The monoisotopic (exact) mass is 308 g/mol. The lowest BCUT2D eigenvalue weighted by molar-refractivity contribution is -0.127. The van der Waals surface area contributed by atoms with Crippen molar-refractivity contribution < 1.29 is 13.2 Å². The maximum Gasteiger partial charge on any atom is 0.232 e. The van der Waals surface area contributed by atoms with Crippen LogP contribution in [0.2, 0.25) is 0 Å². The van der Waals surface area contributed by atoms with Gasteiger partial charge in [0, 0.05) is 36.1 Å². The number of rotatable bonds is 6. The fraction of sp³-hybridized carbons (Fsp3) is 0.917. The van der Waals surface area contributed by atoms with Crippen LogP contribution in [0.3, 0.4) is 0 Å². The molecule has 0 spiro atoms. The van der Waals surface area contributed by atoms with Crippen LogP contribution >= 0.6 is 10.7 Å². The minimum Gasteiger partial charge on any atom is -0.342 e. The largest absolute Gasteiger partial charge is 0.342 e. The summed E-state index contributed by atoms with van der Waals surface area (Å²) >= 11 is 0. The normalized spacial score (nSPS) is 25.4. The molecule has 1 unspecified atom stereocenters. The molecule has 2 rings (SSSR count). The topological polar surface area (TPSA) is 57.7 Å². The summed E-state index contributed by atoms with van der Waals surface area (Å²) in [7, 11) is 1.73. The van der Waals surface area contributed by atoms with Crippen molar-refractivity contribution in [3.63, 3.8) is 0 Å². The molecule has 2 fully saturated rings. The van der Waals surface area contributed by atoms with Gasteiger partial charge in [0.25, 0.3) is 0 Å². The van der Waals surface area contributed by atoms with E-state index in [-0.39, 0.29) is 17.6 Å². The molecule has 2 aliphatic heterocycles. The molecule has 0 aromatic heterocycles. The predicted octanol–water partition coefficient (Wildman–Crippen LogP) is 0.889. The lowest BCUT2D eigenvalue weighted by Crippen LogP contribution is -2.30. The minimum absolute atomic E-state index is 0.0618. The maximum atomic E-state index is 11.8. The molecule has 2 heterocycles. The third-order valence-electron chi connectivity index (χ3n) is 3.83. The number of halogens is 1. The molecule has 0 radical (unpaired) electrons. The molecule has 0 aromatic carbocycles. The van der Waals surface area contributed by atoms with Gasteiger partial charge in [-0.15, -0.1) is 0 Å². The first-order chi connectivity index (χ1) is 8.94. The average molecular weight is 309 g/mol. The Hall–Kier alpha value is -0.330. The molecule has 2 saturated heterocycles. The zero-order valence-electron chi connectivity index (χ0n) is 11.1. The standard InChI is InChI=1S/C12H21ClN2O3S/c13-19(17,18)10-11-8-12(16)15(9-11)7-3-6-14-4-1-2-5-14/h11H,1-10H2. The fourth-order valence-corrected chi connectivity index (χ4v) is 4.28. The maximum absolute atomic E-state index is 11.8. The Kier molecular flexibility index (Phi) is 5.09. The molecule has 1 amide bonds. The van der Waals surface area contributed by atoms with Crippen molar-refractivity contribution in [1.82, 2.24) is 9.80 Å². The summed E-state index contributed by atoms with van der Waals surface area (Å²) in [6.45, 7) is 4.63. The van der Waals surface area contributed by atoms with E-state index >= 15 is 0 Å². The Morgan fingerprint density at radius 3 is 2.53 bits per heavy atom. The SMILES string of the molecule is O=C1CC(CS(=O)(=O)Cl)CN1CCCN1CCCC1. The van der Waals surface area contributed by atoms with Gasteiger partial charge < -0.3 is 9.80 Å². The summed E-state index contributed by atoms with van der Waals surface area (Å²) in [5.41, 5.74) is 0. The lowest BCUT2D eigenvalue weighted by atomic mass is 10.1. The summed E-state index contributed by atoms with van der Waals surface area (Å²) in [6.07, 6.45) is 3.83. The number of amides is 1. The Balaban J connectivity index is 1.70. The molecular formula is C12H21ClN2O3S. The summed E-state index contributed by atoms with van der Waals surface area (Å²) in [4.78, 5) is 16.0. The molecule has 7 heteroatoms. The molecule has 19 heavy (non-hydrogen) atoms. The number of carbonyl (C=O) groups is 1. The van der Waals surface area contributed by atoms with Gasteiger partial charge in [-0.05, 0) is 38.9 Å². The van der Waals surface area contributed by atoms with Gasteiger partial charge >= 0.3 is 0 Å². The number of hydrogen-bond donors (Lipinski definition) is 0. The van der Waals surface area contributed by atoms with Crippen LogP contribution in [0.4, 0.5) is 0 Å². The number of likely N-dealkylation sites (tertiary alicyclic amines) is 2. The third kappa shape index (κ3) is 4.93. The highest BCUT2D eigenvalue weighted by Gasteiger charge is 2.31. The van der Waals surface area contributed by atoms with Crippen LogP contribution in [0.15, 0.2) is 0 Å². The zero-order chi connectivity index (χ0) is 13.9. The van der Waals surface area contributed by atoms with Crippen LogP contribution in [0.25, 0.3) is 0 Å². The van der Waals surface area contributed by atoms with Crippen LogP contribution in [0.5, 0.6) is 0 Å². The second-order valence-corrected chi connectivity index (χ2v) is 8.34. The zero-order valence-corrected chi connectivity index (χ0v) is 12.6. The van der Waals surface area contributed by atoms with Gasteiger partial charge in [-0.2, -0.15) is 0 Å². The molecule has 1 atom stereocenters. The molecule has 0 saturated carbocycles. The number of hydrogen-bond acceptors (Lipinski definition) is 4. The molecule has 110 valence electrons. The van der Waals surface area contributed by atoms with Crippen molar-refractivity contribution >= 4 is 25.6 Å². The second kappa shape index (κ2) is 6.41. The smallest absolute Gasteiger partial charge is 0.232 e. The van der Waals surface area contributed by atoms with Gasteiger partial charge in [0.15, 0.2) is 0 Å². The summed E-state index contributed by atoms with van der Waals surface area (Å²) < 4.78 is 22.0. The van der Waals surface area contributed by atoms with Crippen molar-refractivity contribution in [3.8, 4) is 0 Å². The van der Waals surface area contributed by atoms with Gasteiger partial charge in [-0.1, -0.05) is 0 Å². The van der Waals surface area contributed by atoms with Crippen LogP contribution in [0.1, 0.15) is 25.7 Å². The van der Waals surface area contributed by atoms with E-state index in [0.29, 0.717) is 13.0 Å². The van der Waals surface area contributed by atoms with Crippen molar-refractivity contribution in [1.29, 1.82) is 0 Å². The van der Waals surface area contributed by atoms with Gasteiger partial charge in [0.2, 0.25) is 15.0 Å². The molecule has 0 aliphatic carbocycles. The minimum atomic E-state index is -3.50. The quantitative estimate of drug-likeness (QED) is 0.684.